The van der Waals surface area contributed by atoms with Crippen molar-refractivity contribution in [3.05, 3.63) is 0 Å². The summed E-state index contributed by atoms with van der Waals surface area (Å²) in [5, 5.41) is 11.8. The summed E-state index contributed by atoms with van der Waals surface area (Å²) in [6.07, 6.45) is 5.81. The van der Waals surface area contributed by atoms with E-state index in [1.54, 1.807) is 0 Å². The lowest BCUT2D eigenvalue weighted by Crippen LogP contribution is -2.34. The number of carbonyl (C=O) groups excluding carboxylic acids is 1. The van der Waals surface area contributed by atoms with Crippen molar-refractivity contribution in [1.82, 2.24) is 5.32 Å². The summed E-state index contributed by atoms with van der Waals surface area (Å²) in [6.45, 7) is 2.99. The minimum Gasteiger partial charge on any atom is -0.450 e. The molecular weight excluding hydrogens is 234 g/mol. The molecule has 0 rings (SSSR count). The van der Waals surface area contributed by atoms with Crippen molar-refractivity contribution in [2.24, 2.45) is 0 Å². The van der Waals surface area contributed by atoms with E-state index < -0.39 is 12.2 Å². The molecule has 0 aromatic carbocycles. The van der Waals surface area contributed by atoms with Crippen molar-refractivity contribution >= 4 is 6.09 Å². The Kier molecular flexibility index (Phi) is 12.1. The molecule has 0 aliphatic rings. The van der Waals surface area contributed by atoms with Gasteiger partial charge < -0.3 is 19.9 Å². The normalized spacial score (nSPS) is 12.2. The molecule has 1 amide bonds. The number of amides is 1. The smallest absolute Gasteiger partial charge is 0.407 e. The van der Waals surface area contributed by atoms with Gasteiger partial charge in [0, 0.05) is 13.7 Å². The highest BCUT2D eigenvalue weighted by Gasteiger charge is 2.06. The van der Waals surface area contributed by atoms with E-state index >= 15 is 0 Å². The Morgan fingerprint density at radius 3 is 2.56 bits per heavy atom. The standard InChI is InChI=1S/C13H27NO4/c1-3-4-5-6-7-8-9-18-13(16)14-10-12(15)11-17-2/h12,15H,3-11H2,1-2H3,(H,14,16). The van der Waals surface area contributed by atoms with Crippen LogP contribution in [0.25, 0.3) is 0 Å². The van der Waals surface area contributed by atoms with Crippen LogP contribution in [0.1, 0.15) is 45.4 Å². The van der Waals surface area contributed by atoms with Crippen LogP contribution in [-0.4, -0.2) is 44.2 Å². The molecule has 108 valence electrons. The zero-order chi connectivity index (χ0) is 13.6. The molecule has 0 fully saturated rings. The summed E-state index contributed by atoms with van der Waals surface area (Å²) in [4.78, 5) is 11.2. The molecular formula is C13H27NO4. The molecule has 1 unspecified atom stereocenters. The average molecular weight is 261 g/mol. The van der Waals surface area contributed by atoms with E-state index in [1.165, 1.54) is 32.8 Å². The second-order valence-electron chi connectivity index (χ2n) is 4.39. The van der Waals surface area contributed by atoms with Crippen molar-refractivity contribution < 1.29 is 19.4 Å². The maximum atomic E-state index is 11.2. The number of alkyl carbamates (subject to hydrolysis) is 1. The number of rotatable bonds is 11. The SMILES string of the molecule is CCCCCCCCOC(=O)NCC(O)COC. The molecule has 0 saturated carbocycles. The fourth-order valence-electron chi connectivity index (χ4n) is 1.55. The van der Waals surface area contributed by atoms with Crippen molar-refractivity contribution in [1.29, 1.82) is 0 Å². The Bertz CT molecular complexity index is 199. The van der Waals surface area contributed by atoms with Crippen LogP contribution in [0, 0.1) is 0 Å². The Morgan fingerprint density at radius 1 is 1.22 bits per heavy atom. The molecule has 0 aromatic rings. The second-order valence-corrected chi connectivity index (χ2v) is 4.39. The zero-order valence-corrected chi connectivity index (χ0v) is 11.6. The van der Waals surface area contributed by atoms with Crippen molar-refractivity contribution in [3.63, 3.8) is 0 Å². The van der Waals surface area contributed by atoms with Crippen LogP contribution in [0.2, 0.25) is 0 Å². The van der Waals surface area contributed by atoms with E-state index in [9.17, 15) is 9.90 Å². The molecule has 5 heteroatoms. The van der Waals surface area contributed by atoms with Crippen LogP contribution < -0.4 is 5.32 Å². The number of aliphatic hydroxyl groups is 1. The van der Waals surface area contributed by atoms with Gasteiger partial charge in [0.05, 0.1) is 19.3 Å². The van der Waals surface area contributed by atoms with E-state index in [1.807, 2.05) is 0 Å². The molecule has 0 radical (unpaired) electrons. The summed E-state index contributed by atoms with van der Waals surface area (Å²) in [5.41, 5.74) is 0. The molecule has 18 heavy (non-hydrogen) atoms. The number of methoxy groups -OCH3 is 1. The van der Waals surface area contributed by atoms with Crippen molar-refractivity contribution in [2.45, 2.75) is 51.6 Å². The summed E-state index contributed by atoms with van der Waals surface area (Å²) in [7, 11) is 1.50. The molecule has 0 aromatic heterocycles. The van der Waals surface area contributed by atoms with Gasteiger partial charge in [-0.05, 0) is 6.42 Å². The highest BCUT2D eigenvalue weighted by Crippen LogP contribution is 2.04. The highest BCUT2D eigenvalue weighted by molar-refractivity contribution is 5.67. The van der Waals surface area contributed by atoms with Gasteiger partial charge in [-0.1, -0.05) is 39.0 Å². The van der Waals surface area contributed by atoms with Gasteiger partial charge in [-0.25, -0.2) is 4.79 Å². The lowest BCUT2D eigenvalue weighted by atomic mass is 10.1. The highest BCUT2D eigenvalue weighted by atomic mass is 16.5. The number of nitrogens with one attached hydrogen (secondary N) is 1. The summed E-state index contributed by atoms with van der Waals surface area (Å²) in [6, 6.07) is 0. The Balaban J connectivity index is 3.26. The average Bonchev–Trinajstić information content (AvgIpc) is 2.35. The van der Waals surface area contributed by atoms with Gasteiger partial charge in [-0.15, -0.1) is 0 Å². The first kappa shape index (κ1) is 17.2. The van der Waals surface area contributed by atoms with Crippen LogP contribution in [-0.2, 0) is 9.47 Å². The minimum atomic E-state index is -0.684. The van der Waals surface area contributed by atoms with E-state index in [-0.39, 0.29) is 13.2 Å². The topological polar surface area (TPSA) is 67.8 Å². The van der Waals surface area contributed by atoms with E-state index in [0.717, 1.165) is 12.8 Å². The first-order chi connectivity index (χ1) is 8.70. The summed E-state index contributed by atoms with van der Waals surface area (Å²) in [5.74, 6) is 0. The van der Waals surface area contributed by atoms with Crippen LogP contribution in [0.5, 0.6) is 0 Å². The number of ether oxygens (including phenoxy) is 2. The van der Waals surface area contributed by atoms with Crippen LogP contribution in [0.15, 0.2) is 0 Å². The number of hydrogen-bond donors (Lipinski definition) is 2. The molecule has 0 saturated heterocycles. The molecule has 0 heterocycles. The molecule has 1 atom stereocenters. The number of aliphatic hydroxyl groups excluding tert-OH is 1. The fourth-order valence-corrected chi connectivity index (χ4v) is 1.55. The predicted molar refractivity (Wildman–Crippen MR) is 70.6 cm³/mol. The minimum absolute atomic E-state index is 0.156. The van der Waals surface area contributed by atoms with Gasteiger partial charge >= 0.3 is 6.09 Å². The van der Waals surface area contributed by atoms with Crippen molar-refractivity contribution in [2.75, 3.05) is 26.9 Å². The van der Waals surface area contributed by atoms with Gasteiger partial charge in [0.25, 0.3) is 0 Å². The van der Waals surface area contributed by atoms with E-state index in [4.69, 9.17) is 9.47 Å². The second kappa shape index (κ2) is 12.6. The lowest BCUT2D eigenvalue weighted by Gasteiger charge is -2.11. The van der Waals surface area contributed by atoms with Crippen LogP contribution in [0.3, 0.4) is 0 Å². The van der Waals surface area contributed by atoms with Gasteiger partial charge in [-0.2, -0.15) is 0 Å². The molecule has 0 aliphatic carbocycles. The molecule has 0 aliphatic heterocycles. The Hall–Kier alpha value is -0.810. The van der Waals surface area contributed by atoms with Crippen LogP contribution >= 0.6 is 0 Å². The molecule has 5 nitrogen and oxygen atoms in total. The molecule has 0 bridgehead atoms. The number of hydrogen-bond acceptors (Lipinski definition) is 4. The first-order valence-corrected chi connectivity index (χ1v) is 6.78. The number of unbranched alkanes of at least 4 members (excludes halogenated alkanes) is 5. The van der Waals surface area contributed by atoms with Gasteiger partial charge in [0.2, 0.25) is 0 Å². The third-order valence-electron chi connectivity index (χ3n) is 2.57. The van der Waals surface area contributed by atoms with E-state index in [2.05, 4.69) is 12.2 Å². The first-order valence-electron chi connectivity index (χ1n) is 6.78. The Labute approximate surface area is 110 Å². The monoisotopic (exact) mass is 261 g/mol. The molecule has 0 spiro atoms. The maximum Gasteiger partial charge on any atom is 0.407 e. The van der Waals surface area contributed by atoms with Gasteiger partial charge in [0.15, 0.2) is 0 Å². The summed E-state index contributed by atoms with van der Waals surface area (Å²) >= 11 is 0. The fraction of sp³-hybridized carbons (Fsp3) is 0.923. The maximum absolute atomic E-state index is 11.2. The zero-order valence-electron chi connectivity index (χ0n) is 11.6. The third kappa shape index (κ3) is 11.7. The largest absolute Gasteiger partial charge is 0.450 e. The molecule has 2 N–H and O–H groups in total. The summed E-state index contributed by atoms with van der Waals surface area (Å²) < 4.78 is 9.71. The third-order valence-corrected chi connectivity index (χ3v) is 2.57. The van der Waals surface area contributed by atoms with Gasteiger partial charge in [-0.3, -0.25) is 0 Å². The quantitative estimate of drug-likeness (QED) is 0.559. The van der Waals surface area contributed by atoms with E-state index in [0.29, 0.717) is 6.61 Å². The van der Waals surface area contributed by atoms with Crippen molar-refractivity contribution in [3.8, 4) is 0 Å². The van der Waals surface area contributed by atoms with Gasteiger partial charge in [0.1, 0.15) is 0 Å². The van der Waals surface area contributed by atoms with Crippen LogP contribution in [0.4, 0.5) is 4.79 Å². The number of carbonyl (C=O) groups is 1. The lowest BCUT2D eigenvalue weighted by molar-refractivity contribution is 0.0621. The Morgan fingerprint density at radius 2 is 1.89 bits per heavy atom. The predicted octanol–water partition coefficient (Wildman–Crippen LogP) is 2.08.